The van der Waals surface area contributed by atoms with Gasteiger partial charge in [-0.2, -0.15) is 0 Å². The third kappa shape index (κ3) is 3.02. The van der Waals surface area contributed by atoms with Crippen LogP contribution in [-0.4, -0.2) is 15.3 Å². The van der Waals surface area contributed by atoms with Crippen molar-refractivity contribution in [2.75, 3.05) is 0 Å². The predicted molar refractivity (Wildman–Crippen MR) is 78.3 cm³/mol. The lowest BCUT2D eigenvalue weighted by atomic mass is 10.1. The Morgan fingerprint density at radius 2 is 2.26 bits per heavy atom. The molecule has 19 heavy (non-hydrogen) atoms. The first-order valence-corrected chi connectivity index (χ1v) is 6.61. The van der Waals surface area contributed by atoms with Crippen LogP contribution in [0.1, 0.15) is 11.1 Å². The van der Waals surface area contributed by atoms with Gasteiger partial charge in [0.15, 0.2) is 11.6 Å². The highest BCUT2D eigenvalue weighted by Crippen LogP contribution is 2.29. The number of aromatic hydroxyl groups is 1. The standard InChI is InChI=1S/C13H10FNO2S2/c1-2-3-8-4-7(5-9(14)11(8)16)6-10-12(17)15-13(18)19-10/h2,4-6,16H,1,3H2,(H,15,17,18)/b10-6-. The lowest BCUT2D eigenvalue weighted by Crippen LogP contribution is -2.17. The minimum atomic E-state index is -0.725. The van der Waals surface area contributed by atoms with Gasteiger partial charge < -0.3 is 10.4 Å². The summed E-state index contributed by atoms with van der Waals surface area (Å²) in [6, 6.07) is 2.78. The number of hydrogen-bond donors (Lipinski definition) is 2. The van der Waals surface area contributed by atoms with Gasteiger partial charge in [0.2, 0.25) is 0 Å². The molecule has 2 N–H and O–H groups in total. The second kappa shape index (κ2) is 5.54. The molecule has 0 bridgehead atoms. The van der Waals surface area contributed by atoms with Crippen molar-refractivity contribution in [3.05, 3.63) is 46.6 Å². The SMILES string of the molecule is C=CCc1cc(/C=C2\SC(=S)NC2=O)cc(F)c1O. The molecule has 0 atom stereocenters. The maximum Gasteiger partial charge on any atom is 0.263 e. The van der Waals surface area contributed by atoms with Crippen molar-refractivity contribution in [1.82, 2.24) is 5.32 Å². The normalized spacial score (nSPS) is 16.8. The van der Waals surface area contributed by atoms with Gasteiger partial charge in [0.1, 0.15) is 4.32 Å². The highest BCUT2D eigenvalue weighted by molar-refractivity contribution is 8.26. The van der Waals surface area contributed by atoms with E-state index in [0.29, 0.717) is 26.8 Å². The maximum atomic E-state index is 13.6. The second-order valence-corrected chi connectivity index (χ2v) is 5.57. The molecule has 1 aromatic rings. The fourth-order valence-corrected chi connectivity index (χ4v) is 2.69. The van der Waals surface area contributed by atoms with E-state index < -0.39 is 5.82 Å². The molecule has 0 aromatic heterocycles. The largest absolute Gasteiger partial charge is 0.505 e. The monoisotopic (exact) mass is 295 g/mol. The number of phenols is 1. The number of phenolic OH excluding ortho intramolecular Hbond substituents is 1. The molecule has 1 aromatic carbocycles. The quantitative estimate of drug-likeness (QED) is 0.511. The second-order valence-electron chi connectivity index (χ2n) is 3.86. The van der Waals surface area contributed by atoms with Crippen LogP contribution >= 0.6 is 24.0 Å². The molecule has 0 unspecified atom stereocenters. The first-order chi connectivity index (χ1) is 9.01. The van der Waals surface area contributed by atoms with Crippen LogP contribution in [0, 0.1) is 5.82 Å². The molecule has 1 saturated heterocycles. The first kappa shape index (κ1) is 13.8. The van der Waals surface area contributed by atoms with E-state index >= 15 is 0 Å². The van der Waals surface area contributed by atoms with Gasteiger partial charge in [-0.3, -0.25) is 4.79 Å². The molecular formula is C13H10FNO2S2. The zero-order chi connectivity index (χ0) is 14.0. The van der Waals surface area contributed by atoms with Gasteiger partial charge in [-0.1, -0.05) is 30.1 Å². The van der Waals surface area contributed by atoms with Gasteiger partial charge in [0.25, 0.3) is 5.91 Å². The first-order valence-electron chi connectivity index (χ1n) is 5.38. The summed E-state index contributed by atoms with van der Waals surface area (Å²) in [5.74, 6) is -1.41. The summed E-state index contributed by atoms with van der Waals surface area (Å²) in [4.78, 5) is 11.9. The molecule has 0 aliphatic carbocycles. The summed E-state index contributed by atoms with van der Waals surface area (Å²) in [6.45, 7) is 3.55. The zero-order valence-electron chi connectivity index (χ0n) is 9.77. The Morgan fingerprint density at radius 1 is 1.53 bits per heavy atom. The van der Waals surface area contributed by atoms with Crippen LogP contribution in [0.3, 0.4) is 0 Å². The Kier molecular flexibility index (Phi) is 4.01. The van der Waals surface area contributed by atoms with E-state index in [0.717, 1.165) is 11.8 Å². The van der Waals surface area contributed by atoms with E-state index in [9.17, 15) is 14.3 Å². The van der Waals surface area contributed by atoms with Crippen LogP contribution in [0.4, 0.5) is 4.39 Å². The molecular weight excluding hydrogens is 285 g/mol. The third-order valence-corrected chi connectivity index (χ3v) is 3.63. The molecule has 0 radical (unpaired) electrons. The number of amides is 1. The van der Waals surface area contributed by atoms with Crippen LogP contribution in [0.15, 0.2) is 29.7 Å². The Hall–Kier alpha value is -1.66. The molecule has 6 heteroatoms. The van der Waals surface area contributed by atoms with Crippen molar-refractivity contribution < 1.29 is 14.3 Å². The average Bonchev–Trinajstić information content (AvgIpc) is 2.64. The summed E-state index contributed by atoms with van der Waals surface area (Å²) < 4.78 is 13.9. The van der Waals surface area contributed by atoms with E-state index in [1.807, 2.05) is 0 Å². The molecule has 1 fully saturated rings. The Labute approximate surface area is 119 Å². The lowest BCUT2D eigenvalue weighted by molar-refractivity contribution is -0.115. The smallest absolute Gasteiger partial charge is 0.263 e. The van der Waals surface area contributed by atoms with E-state index in [4.69, 9.17) is 12.2 Å². The van der Waals surface area contributed by atoms with Crippen molar-refractivity contribution in [2.45, 2.75) is 6.42 Å². The van der Waals surface area contributed by atoms with Crippen LogP contribution in [0.5, 0.6) is 5.75 Å². The van der Waals surface area contributed by atoms with Crippen molar-refractivity contribution in [3.8, 4) is 5.75 Å². The summed E-state index contributed by atoms with van der Waals surface area (Å²) in [7, 11) is 0. The van der Waals surface area contributed by atoms with E-state index in [-0.39, 0.29) is 11.7 Å². The number of thiocarbonyl (C=S) groups is 1. The number of carbonyl (C=O) groups excluding carboxylic acids is 1. The number of carbonyl (C=O) groups is 1. The van der Waals surface area contributed by atoms with E-state index in [2.05, 4.69) is 11.9 Å². The van der Waals surface area contributed by atoms with Crippen LogP contribution < -0.4 is 5.32 Å². The summed E-state index contributed by atoms with van der Waals surface area (Å²) in [6.07, 6.45) is 3.45. The topological polar surface area (TPSA) is 49.3 Å². The average molecular weight is 295 g/mol. The summed E-state index contributed by atoms with van der Waals surface area (Å²) in [5, 5.41) is 12.0. The number of hydrogen-bond acceptors (Lipinski definition) is 4. The molecule has 0 saturated carbocycles. The Balaban J connectivity index is 2.41. The highest BCUT2D eigenvalue weighted by Gasteiger charge is 2.22. The van der Waals surface area contributed by atoms with E-state index in [1.54, 1.807) is 12.1 Å². The molecule has 2 rings (SSSR count). The molecule has 1 heterocycles. The number of allylic oxidation sites excluding steroid dienone is 1. The third-order valence-electron chi connectivity index (χ3n) is 2.47. The predicted octanol–water partition coefficient (Wildman–Crippen LogP) is 2.75. The van der Waals surface area contributed by atoms with Gasteiger partial charge in [-0.15, -0.1) is 6.58 Å². The number of benzene rings is 1. The number of halogens is 1. The zero-order valence-corrected chi connectivity index (χ0v) is 11.4. The minimum Gasteiger partial charge on any atom is -0.505 e. The van der Waals surface area contributed by atoms with Gasteiger partial charge >= 0.3 is 0 Å². The van der Waals surface area contributed by atoms with Gasteiger partial charge in [-0.05, 0) is 30.2 Å². The van der Waals surface area contributed by atoms with Crippen LogP contribution in [0.25, 0.3) is 6.08 Å². The molecule has 3 nitrogen and oxygen atoms in total. The summed E-state index contributed by atoms with van der Waals surface area (Å²) >= 11 is 5.99. The van der Waals surface area contributed by atoms with Crippen molar-refractivity contribution >= 4 is 40.3 Å². The lowest BCUT2D eigenvalue weighted by Gasteiger charge is -2.05. The Morgan fingerprint density at radius 3 is 2.84 bits per heavy atom. The molecule has 1 aliphatic heterocycles. The van der Waals surface area contributed by atoms with Gasteiger partial charge in [0, 0.05) is 5.56 Å². The summed E-state index contributed by atoms with van der Waals surface area (Å²) in [5.41, 5.74) is 0.919. The van der Waals surface area contributed by atoms with E-state index in [1.165, 1.54) is 12.1 Å². The molecule has 1 aliphatic rings. The molecule has 98 valence electrons. The van der Waals surface area contributed by atoms with Gasteiger partial charge in [-0.25, -0.2) is 4.39 Å². The number of thioether (sulfide) groups is 1. The number of rotatable bonds is 3. The maximum absolute atomic E-state index is 13.6. The molecule has 1 amide bonds. The Bertz CT molecular complexity index is 611. The van der Waals surface area contributed by atoms with Crippen molar-refractivity contribution in [1.29, 1.82) is 0 Å². The number of nitrogens with one attached hydrogen (secondary N) is 1. The fourth-order valence-electron chi connectivity index (χ4n) is 1.65. The highest BCUT2D eigenvalue weighted by atomic mass is 32.2. The van der Waals surface area contributed by atoms with Crippen molar-refractivity contribution in [2.24, 2.45) is 0 Å². The fraction of sp³-hybridized carbons (Fsp3) is 0.0769. The van der Waals surface area contributed by atoms with Gasteiger partial charge in [0.05, 0.1) is 4.91 Å². The molecule has 0 spiro atoms. The van der Waals surface area contributed by atoms with Crippen LogP contribution in [0.2, 0.25) is 0 Å². The van der Waals surface area contributed by atoms with Crippen molar-refractivity contribution in [3.63, 3.8) is 0 Å². The van der Waals surface area contributed by atoms with Crippen LogP contribution in [-0.2, 0) is 11.2 Å². The minimum absolute atomic E-state index is 0.297.